The van der Waals surface area contributed by atoms with Crippen LogP contribution in [-0.4, -0.2) is 23.3 Å². The second-order valence-electron chi connectivity index (χ2n) is 6.27. The van der Waals surface area contributed by atoms with Crippen molar-refractivity contribution in [1.29, 1.82) is 0 Å². The first-order valence-electron chi connectivity index (χ1n) is 8.29. The third-order valence-corrected chi connectivity index (χ3v) is 4.26. The summed E-state index contributed by atoms with van der Waals surface area (Å²) in [6.07, 6.45) is -3.56. The van der Waals surface area contributed by atoms with Crippen molar-refractivity contribution in [3.63, 3.8) is 0 Å². The summed E-state index contributed by atoms with van der Waals surface area (Å²) in [6, 6.07) is 8.80. The summed E-state index contributed by atoms with van der Waals surface area (Å²) in [5.41, 5.74) is -0.625. The molecule has 0 saturated carbocycles. The van der Waals surface area contributed by atoms with Gasteiger partial charge in [-0.25, -0.2) is 4.39 Å². The van der Waals surface area contributed by atoms with Crippen LogP contribution in [0.5, 0.6) is 0 Å². The highest BCUT2D eigenvalue weighted by Gasteiger charge is 2.34. The van der Waals surface area contributed by atoms with Crippen molar-refractivity contribution in [2.45, 2.75) is 25.6 Å². The molecule has 1 saturated heterocycles. The number of benzene rings is 2. The largest absolute Gasteiger partial charge is 0.419 e. The van der Waals surface area contributed by atoms with Crippen LogP contribution in [0.2, 0.25) is 0 Å². The first-order chi connectivity index (χ1) is 12.7. The summed E-state index contributed by atoms with van der Waals surface area (Å²) in [6.45, 7) is 1.07. The molecule has 0 aromatic heterocycles. The number of nitrogens with one attached hydrogen (secondary N) is 1. The molecule has 1 aliphatic rings. The number of nitrogens with zero attached hydrogens (tertiary/aromatic N) is 1. The molecule has 0 spiro atoms. The Morgan fingerprint density at radius 1 is 1.15 bits per heavy atom. The summed E-state index contributed by atoms with van der Waals surface area (Å²) in [7, 11) is 0. The average molecular weight is 380 g/mol. The molecule has 0 unspecified atom stereocenters. The zero-order valence-corrected chi connectivity index (χ0v) is 14.1. The van der Waals surface area contributed by atoms with Crippen molar-refractivity contribution >= 4 is 17.5 Å². The molecule has 8 heteroatoms. The molecule has 1 N–H and O–H groups in total. The second-order valence-corrected chi connectivity index (χ2v) is 6.27. The first kappa shape index (κ1) is 18.9. The molecule has 4 nitrogen and oxygen atoms in total. The third-order valence-electron chi connectivity index (χ3n) is 4.26. The van der Waals surface area contributed by atoms with Gasteiger partial charge in [0.25, 0.3) is 5.91 Å². The number of halogens is 4. The van der Waals surface area contributed by atoms with E-state index < -0.39 is 23.5 Å². The number of hydrogen-bond donors (Lipinski definition) is 1. The minimum absolute atomic E-state index is 0.0652. The summed E-state index contributed by atoms with van der Waals surface area (Å²) in [4.78, 5) is 25.7. The van der Waals surface area contributed by atoms with E-state index in [1.54, 1.807) is 29.2 Å². The molecule has 2 amide bonds. The smallest absolute Gasteiger partial charge is 0.338 e. The van der Waals surface area contributed by atoms with Crippen LogP contribution in [0.3, 0.4) is 0 Å². The van der Waals surface area contributed by atoms with E-state index >= 15 is 0 Å². The van der Waals surface area contributed by atoms with Gasteiger partial charge in [0.2, 0.25) is 5.91 Å². The molecule has 142 valence electrons. The fourth-order valence-electron chi connectivity index (χ4n) is 2.93. The zero-order chi connectivity index (χ0) is 19.6. The lowest BCUT2D eigenvalue weighted by Gasteiger charge is -2.16. The van der Waals surface area contributed by atoms with Crippen molar-refractivity contribution in [1.82, 2.24) is 4.90 Å². The standard InChI is InChI=1S/C19H16F4N2O2/c20-16-7-6-13(10-15(16)19(21,22)23)18(27)24-14-4-1-3-12(9-14)11-25-8-2-5-17(25)26/h1,3-4,6-7,9-10H,2,5,8,11H2,(H,24,27). The van der Waals surface area contributed by atoms with Gasteiger partial charge in [-0.15, -0.1) is 0 Å². The Labute approximate surface area is 152 Å². The van der Waals surface area contributed by atoms with Crippen molar-refractivity contribution in [3.8, 4) is 0 Å². The lowest BCUT2D eigenvalue weighted by Crippen LogP contribution is -2.23. The van der Waals surface area contributed by atoms with Crippen molar-refractivity contribution in [2.75, 3.05) is 11.9 Å². The van der Waals surface area contributed by atoms with Crippen molar-refractivity contribution in [3.05, 3.63) is 65.0 Å². The molecule has 0 bridgehead atoms. The molecule has 0 atom stereocenters. The Hall–Kier alpha value is -2.90. The maximum absolute atomic E-state index is 13.4. The van der Waals surface area contributed by atoms with Crippen molar-refractivity contribution in [2.24, 2.45) is 0 Å². The van der Waals surface area contributed by atoms with Gasteiger partial charge in [-0.05, 0) is 42.3 Å². The molecule has 27 heavy (non-hydrogen) atoms. The molecule has 1 heterocycles. The van der Waals surface area contributed by atoms with E-state index in [1.807, 2.05) is 0 Å². The highest BCUT2D eigenvalue weighted by molar-refractivity contribution is 6.04. The fourth-order valence-corrected chi connectivity index (χ4v) is 2.93. The highest BCUT2D eigenvalue weighted by atomic mass is 19.4. The van der Waals surface area contributed by atoms with Gasteiger partial charge in [0.1, 0.15) is 5.82 Å². The zero-order valence-electron chi connectivity index (χ0n) is 14.1. The minimum atomic E-state index is -4.89. The molecule has 1 fully saturated rings. The van der Waals surface area contributed by atoms with Gasteiger partial charge in [-0.1, -0.05) is 12.1 Å². The Balaban J connectivity index is 1.75. The molecule has 2 aromatic rings. The fraction of sp³-hybridized carbons (Fsp3) is 0.263. The van der Waals surface area contributed by atoms with Gasteiger partial charge in [0.05, 0.1) is 5.56 Å². The molecular weight excluding hydrogens is 364 g/mol. The van der Waals surface area contributed by atoms with Crippen LogP contribution in [0.15, 0.2) is 42.5 Å². The number of carbonyl (C=O) groups excluding carboxylic acids is 2. The molecule has 0 radical (unpaired) electrons. The Morgan fingerprint density at radius 3 is 2.59 bits per heavy atom. The summed E-state index contributed by atoms with van der Waals surface area (Å²) in [5.74, 6) is -2.15. The number of hydrogen-bond acceptors (Lipinski definition) is 2. The number of carbonyl (C=O) groups is 2. The molecule has 1 aliphatic heterocycles. The van der Waals surface area contributed by atoms with Gasteiger partial charge >= 0.3 is 6.18 Å². The summed E-state index contributed by atoms with van der Waals surface area (Å²) >= 11 is 0. The minimum Gasteiger partial charge on any atom is -0.338 e. The predicted octanol–water partition coefficient (Wildman–Crippen LogP) is 4.22. The van der Waals surface area contributed by atoms with Crippen LogP contribution in [0.4, 0.5) is 23.2 Å². The molecule has 2 aromatic carbocycles. The van der Waals surface area contributed by atoms with Crippen LogP contribution in [0.25, 0.3) is 0 Å². The number of anilines is 1. The normalized spacial score (nSPS) is 14.5. The monoisotopic (exact) mass is 380 g/mol. The predicted molar refractivity (Wildman–Crippen MR) is 90.4 cm³/mol. The van der Waals surface area contributed by atoms with Crippen molar-refractivity contribution < 1.29 is 27.2 Å². The summed E-state index contributed by atoms with van der Waals surface area (Å²) in [5, 5.41) is 2.50. The average Bonchev–Trinajstić information content (AvgIpc) is 2.99. The van der Waals surface area contributed by atoms with E-state index in [0.29, 0.717) is 37.3 Å². The van der Waals surface area contributed by atoms with Crippen LogP contribution < -0.4 is 5.32 Å². The lowest BCUT2D eigenvalue weighted by molar-refractivity contribution is -0.140. The quantitative estimate of drug-likeness (QED) is 0.808. The third kappa shape index (κ3) is 4.45. The molecule has 3 rings (SSSR count). The molecular formula is C19H16F4N2O2. The highest BCUT2D eigenvalue weighted by Crippen LogP contribution is 2.32. The van der Waals surface area contributed by atoms with E-state index in [-0.39, 0.29) is 11.5 Å². The maximum Gasteiger partial charge on any atom is 0.419 e. The second kappa shape index (κ2) is 7.38. The number of alkyl halides is 3. The Bertz CT molecular complexity index is 880. The Kier molecular flexibility index (Phi) is 5.16. The van der Waals surface area contributed by atoms with Crippen LogP contribution in [0.1, 0.15) is 34.3 Å². The van der Waals surface area contributed by atoms with Gasteiger partial charge < -0.3 is 10.2 Å². The van der Waals surface area contributed by atoms with E-state index in [9.17, 15) is 27.2 Å². The van der Waals surface area contributed by atoms with Crippen LogP contribution >= 0.6 is 0 Å². The first-order valence-corrected chi connectivity index (χ1v) is 8.29. The number of likely N-dealkylation sites (tertiary alicyclic amines) is 1. The maximum atomic E-state index is 13.4. The van der Waals surface area contributed by atoms with E-state index in [1.165, 1.54) is 0 Å². The van der Waals surface area contributed by atoms with E-state index in [4.69, 9.17) is 0 Å². The molecule has 0 aliphatic carbocycles. The van der Waals surface area contributed by atoms with Crippen LogP contribution in [0, 0.1) is 5.82 Å². The Morgan fingerprint density at radius 2 is 1.93 bits per heavy atom. The lowest BCUT2D eigenvalue weighted by atomic mass is 10.1. The number of amides is 2. The topological polar surface area (TPSA) is 49.4 Å². The van der Waals surface area contributed by atoms with E-state index in [0.717, 1.165) is 18.1 Å². The SMILES string of the molecule is O=C(Nc1cccc(CN2CCCC2=O)c1)c1ccc(F)c(C(F)(F)F)c1. The van der Waals surface area contributed by atoms with Gasteiger partial charge in [-0.3, -0.25) is 9.59 Å². The van der Waals surface area contributed by atoms with Crippen LogP contribution in [-0.2, 0) is 17.5 Å². The number of rotatable bonds is 4. The van der Waals surface area contributed by atoms with Gasteiger partial charge in [0, 0.05) is 30.8 Å². The summed E-state index contributed by atoms with van der Waals surface area (Å²) < 4.78 is 51.7. The van der Waals surface area contributed by atoms with Gasteiger partial charge in [-0.2, -0.15) is 13.2 Å². The van der Waals surface area contributed by atoms with E-state index in [2.05, 4.69) is 5.32 Å². The van der Waals surface area contributed by atoms with Gasteiger partial charge in [0.15, 0.2) is 0 Å².